The molecule has 0 radical (unpaired) electrons. The maximum Gasteiger partial charge on any atom is 0.159 e. The molecule has 0 spiro atoms. The van der Waals surface area contributed by atoms with Crippen molar-refractivity contribution >= 4 is 17.6 Å². The summed E-state index contributed by atoms with van der Waals surface area (Å²) in [6.45, 7) is 12.4. The lowest BCUT2D eigenvalue weighted by Crippen LogP contribution is -2.13. The molecule has 0 aliphatic carbocycles. The van der Waals surface area contributed by atoms with Gasteiger partial charge in [-0.2, -0.15) is 0 Å². The van der Waals surface area contributed by atoms with Crippen molar-refractivity contribution in [3.8, 4) is 0 Å². The van der Waals surface area contributed by atoms with Gasteiger partial charge in [0.15, 0.2) is 5.78 Å². The first kappa shape index (κ1) is 16.8. The topological polar surface area (TPSA) is 29.1 Å². The van der Waals surface area contributed by atoms with Crippen LogP contribution in [0.15, 0.2) is 55.6 Å². The normalized spacial score (nSPS) is 10.2. The lowest BCUT2D eigenvalue weighted by molar-refractivity contribution is 0.101. The molecule has 2 nitrogen and oxygen atoms in total. The number of carbonyl (C=O) groups is 1. The number of carbonyl (C=O) groups excluding carboxylic acids is 1. The second-order valence-corrected chi connectivity index (χ2v) is 5.52. The molecule has 0 aliphatic heterocycles. The molecule has 0 atom stereocenters. The molecule has 1 N–H and O–H groups in total. The molecule has 0 bridgehead atoms. The fourth-order valence-corrected chi connectivity index (χ4v) is 2.59. The Balaban J connectivity index is 2.16. The summed E-state index contributed by atoms with van der Waals surface area (Å²) in [7, 11) is 0. The molecular formula is C21H23NO. The number of hydrogen-bond acceptors (Lipinski definition) is 2. The van der Waals surface area contributed by atoms with Crippen LogP contribution in [0, 0.1) is 0 Å². The van der Waals surface area contributed by atoms with Gasteiger partial charge in [-0.1, -0.05) is 62.6 Å². The van der Waals surface area contributed by atoms with Crippen molar-refractivity contribution in [1.82, 2.24) is 5.32 Å². The summed E-state index contributed by atoms with van der Waals surface area (Å²) in [5, 5.41) is 3.39. The van der Waals surface area contributed by atoms with Gasteiger partial charge in [0.2, 0.25) is 0 Å². The zero-order valence-electron chi connectivity index (χ0n) is 13.9. The lowest BCUT2D eigenvalue weighted by Gasteiger charge is -2.15. The number of benzene rings is 2. The van der Waals surface area contributed by atoms with Crippen LogP contribution in [0.3, 0.4) is 0 Å². The fourth-order valence-electron chi connectivity index (χ4n) is 2.59. The SMILES string of the molecule is C=Cc1ccccc1C(=C)NCc1ccc(C(C)=O)cc1CC. The summed E-state index contributed by atoms with van der Waals surface area (Å²) in [4.78, 5) is 11.5. The number of nitrogens with one attached hydrogen (secondary N) is 1. The highest BCUT2D eigenvalue weighted by Crippen LogP contribution is 2.19. The van der Waals surface area contributed by atoms with Gasteiger partial charge < -0.3 is 5.32 Å². The number of rotatable bonds is 7. The van der Waals surface area contributed by atoms with E-state index < -0.39 is 0 Å². The minimum Gasteiger partial charge on any atom is -0.381 e. The minimum atomic E-state index is 0.100. The van der Waals surface area contributed by atoms with E-state index in [0.717, 1.165) is 28.8 Å². The molecule has 118 valence electrons. The molecular weight excluding hydrogens is 282 g/mol. The van der Waals surface area contributed by atoms with Crippen LogP contribution in [0.5, 0.6) is 0 Å². The molecule has 0 saturated carbocycles. The first-order chi connectivity index (χ1) is 11.1. The van der Waals surface area contributed by atoms with Crippen LogP contribution in [0.4, 0.5) is 0 Å². The molecule has 0 fully saturated rings. The van der Waals surface area contributed by atoms with Crippen molar-refractivity contribution in [2.75, 3.05) is 0 Å². The van der Waals surface area contributed by atoms with Crippen molar-refractivity contribution < 1.29 is 4.79 Å². The van der Waals surface area contributed by atoms with Crippen LogP contribution < -0.4 is 5.32 Å². The number of hydrogen-bond donors (Lipinski definition) is 1. The molecule has 0 aromatic heterocycles. The van der Waals surface area contributed by atoms with E-state index in [1.165, 1.54) is 11.1 Å². The van der Waals surface area contributed by atoms with Crippen molar-refractivity contribution in [3.63, 3.8) is 0 Å². The molecule has 2 rings (SSSR count). The van der Waals surface area contributed by atoms with Gasteiger partial charge in [0.05, 0.1) is 0 Å². The maximum absolute atomic E-state index is 11.5. The van der Waals surface area contributed by atoms with Crippen molar-refractivity contribution in [2.24, 2.45) is 0 Å². The van der Waals surface area contributed by atoms with Gasteiger partial charge >= 0.3 is 0 Å². The zero-order chi connectivity index (χ0) is 16.8. The smallest absolute Gasteiger partial charge is 0.159 e. The molecule has 0 heterocycles. The average Bonchev–Trinajstić information content (AvgIpc) is 2.59. The second-order valence-electron chi connectivity index (χ2n) is 5.52. The highest BCUT2D eigenvalue weighted by molar-refractivity contribution is 5.94. The monoisotopic (exact) mass is 305 g/mol. The third kappa shape index (κ3) is 3.98. The Bertz CT molecular complexity index is 743. The molecule has 0 amide bonds. The van der Waals surface area contributed by atoms with Crippen molar-refractivity contribution in [3.05, 3.63) is 83.4 Å². The van der Waals surface area contributed by atoms with Crippen LogP contribution in [0.2, 0.25) is 0 Å². The Morgan fingerprint density at radius 2 is 1.91 bits per heavy atom. The van der Waals surface area contributed by atoms with E-state index in [1.807, 2.05) is 48.5 Å². The molecule has 0 unspecified atom stereocenters. The minimum absolute atomic E-state index is 0.100. The second kappa shape index (κ2) is 7.59. The summed E-state index contributed by atoms with van der Waals surface area (Å²) in [5.41, 5.74) is 6.14. The van der Waals surface area contributed by atoms with E-state index >= 15 is 0 Å². The lowest BCUT2D eigenvalue weighted by atomic mass is 9.99. The standard InChI is InChI=1S/C21H23NO/c1-5-17-9-7-8-10-21(17)15(3)22-14-20-12-11-19(16(4)23)13-18(20)6-2/h5,7-13,22H,1,3,6,14H2,2,4H3. The van der Waals surface area contributed by atoms with Crippen LogP contribution in [-0.4, -0.2) is 5.78 Å². The van der Waals surface area contributed by atoms with Gasteiger partial charge in [-0.05, 0) is 36.1 Å². The van der Waals surface area contributed by atoms with Crippen LogP contribution in [0.25, 0.3) is 11.8 Å². The third-order valence-corrected chi connectivity index (χ3v) is 3.99. The quantitative estimate of drug-likeness (QED) is 0.740. The Morgan fingerprint density at radius 3 is 2.57 bits per heavy atom. The highest BCUT2D eigenvalue weighted by Gasteiger charge is 2.07. The first-order valence-electron chi connectivity index (χ1n) is 7.84. The van der Waals surface area contributed by atoms with E-state index in [0.29, 0.717) is 6.54 Å². The fraction of sp³-hybridized carbons (Fsp3) is 0.190. The number of Topliss-reactive ketones (excluding diaryl/α,β-unsaturated/α-hetero) is 1. The van der Waals surface area contributed by atoms with Crippen molar-refractivity contribution in [2.45, 2.75) is 26.8 Å². The molecule has 23 heavy (non-hydrogen) atoms. The summed E-state index contributed by atoms with van der Waals surface area (Å²) >= 11 is 0. The van der Waals surface area contributed by atoms with Gasteiger partial charge in [0, 0.05) is 23.4 Å². The largest absolute Gasteiger partial charge is 0.381 e. The van der Waals surface area contributed by atoms with Crippen LogP contribution in [0.1, 0.15) is 46.5 Å². The Labute approximate surface area is 138 Å². The molecule has 2 heteroatoms. The molecule has 0 aliphatic rings. The predicted octanol–water partition coefficient (Wildman–Crippen LogP) is 4.86. The Hall–Kier alpha value is -2.61. The van der Waals surface area contributed by atoms with Gasteiger partial charge in [0.25, 0.3) is 0 Å². The van der Waals surface area contributed by atoms with Gasteiger partial charge in [-0.15, -0.1) is 0 Å². The first-order valence-corrected chi connectivity index (χ1v) is 7.84. The van der Waals surface area contributed by atoms with Crippen LogP contribution >= 0.6 is 0 Å². The maximum atomic E-state index is 11.5. The third-order valence-electron chi connectivity index (χ3n) is 3.99. The number of aryl methyl sites for hydroxylation is 1. The van der Waals surface area contributed by atoms with Gasteiger partial charge in [0.1, 0.15) is 0 Å². The Kier molecular flexibility index (Phi) is 5.53. The van der Waals surface area contributed by atoms with E-state index in [2.05, 4.69) is 25.4 Å². The average molecular weight is 305 g/mol. The summed E-state index contributed by atoms with van der Waals surface area (Å²) in [6.07, 6.45) is 2.73. The molecule has 2 aromatic carbocycles. The Morgan fingerprint density at radius 1 is 1.17 bits per heavy atom. The number of ketones is 1. The highest BCUT2D eigenvalue weighted by atomic mass is 16.1. The van der Waals surface area contributed by atoms with E-state index in [9.17, 15) is 4.79 Å². The summed E-state index contributed by atoms with van der Waals surface area (Å²) < 4.78 is 0. The summed E-state index contributed by atoms with van der Waals surface area (Å²) in [6, 6.07) is 13.9. The van der Waals surface area contributed by atoms with Crippen molar-refractivity contribution in [1.29, 1.82) is 0 Å². The van der Waals surface area contributed by atoms with E-state index in [-0.39, 0.29) is 5.78 Å². The van der Waals surface area contributed by atoms with E-state index in [1.54, 1.807) is 6.92 Å². The summed E-state index contributed by atoms with van der Waals surface area (Å²) in [5.74, 6) is 0.100. The van der Waals surface area contributed by atoms with E-state index in [4.69, 9.17) is 0 Å². The zero-order valence-corrected chi connectivity index (χ0v) is 13.9. The molecule has 0 saturated heterocycles. The van der Waals surface area contributed by atoms with Gasteiger partial charge in [-0.3, -0.25) is 4.79 Å². The molecule has 2 aromatic rings. The van der Waals surface area contributed by atoms with Crippen LogP contribution in [-0.2, 0) is 13.0 Å². The van der Waals surface area contributed by atoms with Gasteiger partial charge in [-0.25, -0.2) is 0 Å². The predicted molar refractivity (Wildman–Crippen MR) is 98.2 cm³/mol.